The summed E-state index contributed by atoms with van der Waals surface area (Å²) in [6.07, 6.45) is 12.4. The molecular weight excluding hydrogens is 299 g/mol. The Morgan fingerprint density at radius 3 is 1.62 bits per heavy atom. The molecule has 0 heterocycles. The Bertz CT molecular complexity index is 307. The van der Waals surface area contributed by atoms with E-state index in [0.29, 0.717) is 6.42 Å². The average molecular weight is 330 g/mol. The number of unbranched alkanes of at least 4 members (excludes halogenated alkanes) is 9. The van der Waals surface area contributed by atoms with Gasteiger partial charge in [-0.15, -0.1) is 0 Å². The number of aliphatic hydroxyl groups is 1. The fourth-order valence-electron chi connectivity index (χ4n) is 2.28. The number of rotatable bonds is 14. The van der Waals surface area contributed by atoms with E-state index in [2.05, 4.69) is 0 Å². The topological polar surface area (TPSA) is 77.4 Å². The SMILES string of the molecule is CCC(O)CCCCCCCCCCCCS(=O)(=O)[O-].[Na+]. The molecule has 0 aromatic carbocycles. The normalized spacial score (nSPS) is 12.9. The molecule has 0 radical (unpaired) electrons. The zero-order valence-electron chi connectivity index (χ0n) is 13.8. The van der Waals surface area contributed by atoms with Gasteiger partial charge in [0.15, 0.2) is 0 Å². The van der Waals surface area contributed by atoms with Gasteiger partial charge in [-0.25, -0.2) is 8.42 Å². The number of hydrogen-bond donors (Lipinski definition) is 1. The van der Waals surface area contributed by atoms with Crippen LogP contribution in [0.3, 0.4) is 0 Å². The van der Waals surface area contributed by atoms with Crippen molar-refractivity contribution in [1.82, 2.24) is 0 Å². The van der Waals surface area contributed by atoms with E-state index in [1.54, 1.807) is 0 Å². The summed E-state index contributed by atoms with van der Waals surface area (Å²) in [4.78, 5) is 0. The number of aliphatic hydroxyl groups excluding tert-OH is 1. The van der Waals surface area contributed by atoms with E-state index >= 15 is 0 Å². The first kappa shape index (κ1) is 24.1. The van der Waals surface area contributed by atoms with E-state index < -0.39 is 10.1 Å². The fourth-order valence-corrected chi connectivity index (χ4v) is 2.83. The molecule has 1 unspecified atom stereocenters. The van der Waals surface area contributed by atoms with E-state index in [4.69, 9.17) is 0 Å². The first-order valence-corrected chi connectivity index (χ1v) is 9.65. The van der Waals surface area contributed by atoms with Crippen LogP contribution < -0.4 is 29.6 Å². The monoisotopic (exact) mass is 330 g/mol. The van der Waals surface area contributed by atoms with E-state index in [1.165, 1.54) is 32.1 Å². The van der Waals surface area contributed by atoms with Crippen LogP contribution in [0.2, 0.25) is 0 Å². The largest absolute Gasteiger partial charge is 1.00 e. The maximum Gasteiger partial charge on any atom is 1.00 e. The maximum absolute atomic E-state index is 10.4. The van der Waals surface area contributed by atoms with Crippen molar-refractivity contribution in [2.45, 2.75) is 90.1 Å². The van der Waals surface area contributed by atoms with Gasteiger partial charge >= 0.3 is 29.6 Å². The molecule has 0 saturated carbocycles. The first-order valence-electron chi connectivity index (χ1n) is 8.07. The van der Waals surface area contributed by atoms with E-state index in [0.717, 1.165) is 38.5 Å². The van der Waals surface area contributed by atoms with Gasteiger partial charge in [0.1, 0.15) is 0 Å². The molecule has 0 saturated heterocycles. The molecule has 122 valence electrons. The molecule has 0 aromatic rings. The molecule has 21 heavy (non-hydrogen) atoms. The molecular formula is C15H31NaO4S. The zero-order valence-corrected chi connectivity index (χ0v) is 16.7. The molecule has 0 fully saturated rings. The predicted molar refractivity (Wildman–Crippen MR) is 81.6 cm³/mol. The molecule has 0 aromatic heterocycles. The molecule has 1 atom stereocenters. The van der Waals surface area contributed by atoms with Gasteiger partial charge in [0.25, 0.3) is 0 Å². The summed E-state index contributed by atoms with van der Waals surface area (Å²) in [5.41, 5.74) is 0. The summed E-state index contributed by atoms with van der Waals surface area (Å²) in [6.45, 7) is 2.01. The summed E-state index contributed by atoms with van der Waals surface area (Å²) in [5, 5.41) is 9.39. The van der Waals surface area contributed by atoms with Crippen molar-refractivity contribution < 1.29 is 47.6 Å². The summed E-state index contributed by atoms with van der Waals surface area (Å²) in [6, 6.07) is 0. The minimum atomic E-state index is -4.01. The van der Waals surface area contributed by atoms with E-state index in [9.17, 15) is 18.1 Å². The third-order valence-electron chi connectivity index (χ3n) is 3.65. The van der Waals surface area contributed by atoms with Crippen LogP contribution in [0.1, 0.15) is 84.0 Å². The molecule has 0 aliphatic carbocycles. The Morgan fingerprint density at radius 2 is 1.24 bits per heavy atom. The Kier molecular flexibility index (Phi) is 18.1. The molecule has 0 spiro atoms. The molecule has 0 bridgehead atoms. The van der Waals surface area contributed by atoms with Gasteiger partial charge in [0, 0.05) is 5.75 Å². The van der Waals surface area contributed by atoms with Gasteiger partial charge in [-0.1, -0.05) is 64.7 Å². The average Bonchev–Trinajstić information content (AvgIpc) is 2.38. The second-order valence-corrected chi connectivity index (χ2v) is 7.17. The van der Waals surface area contributed by atoms with Crippen molar-refractivity contribution in [3.05, 3.63) is 0 Å². The van der Waals surface area contributed by atoms with Crippen molar-refractivity contribution in [3.8, 4) is 0 Å². The van der Waals surface area contributed by atoms with Crippen molar-refractivity contribution in [3.63, 3.8) is 0 Å². The molecule has 4 nitrogen and oxygen atoms in total. The molecule has 0 aliphatic heterocycles. The van der Waals surface area contributed by atoms with Gasteiger partial charge in [-0.2, -0.15) is 0 Å². The Hall–Kier alpha value is 0.870. The molecule has 1 N–H and O–H groups in total. The van der Waals surface area contributed by atoms with Crippen molar-refractivity contribution >= 4 is 10.1 Å². The van der Waals surface area contributed by atoms with Crippen LogP contribution in [0, 0.1) is 0 Å². The zero-order chi connectivity index (χ0) is 15.3. The van der Waals surface area contributed by atoms with E-state index in [1.807, 2.05) is 6.92 Å². The van der Waals surface area contributed by atoms with Crippen molar-refractivity contribution in [2.24, 2.45) is 0 Å². The van der Waals surface area contributed by atoms with Crippen LogP contribution in [0.15, 0.2) is 0 Å². The smallest absolute Gasteiger partial charge is 0.748 e. The van der Waals surface area contributed by atoms with Crippen LogP contribution in [0.5, 0.6) is 0 Å². The Labute approximate surface area is 153 Å². The summed E-state index contributed by atoms with van der Waals surface area (Å²) in [7, 11) is -4.01. The number of hydrogen-bond acceptors (Lipinski definition) is 4. The third kappa shape index (κ3) is 20.9. The molecule has 0 rings (SSSR count). The van der Waals surface area contributed by atoms with Gasteiger partial charge in [-0.05, 0) is 19.3 Å². The van der Waals surface area contributed by atoms with E-state index in [-0.39, 0.29) is 41.4 Å². The van der Waals surface area contributed by atoms with Crippen molar-refractivity contribution in [2.75, 3.05) is 5.75 Å². The third-order valence-corrected chi connectivity index (χ3v) is 4.44. The quantitative estimate of drug-likeness (QED) is 0.287. The fraction of sp³-hybridized carbons (Fsp3) is 1.00. The molecule has 0 aliphatic rings. The van der Waals surface area contributed by atoms with Gasteiger partial charge < -0.3 is 9.66 Å². The predicted octanol–water partition coefficient (Wildman–Crippen LogP) is 0.598. The summed E-state index contributed by atoms with van der Waals surface area (Å²) in [5.74, 6) is -0.212. The summed E-state index contributed by atoms with van der Waals surface area (Å²) < 4.78 is 31.1. The minimum absolute atomic E-state index is 0. The summed E-state index contributed by atoms with van der Waals surface area (Å²) >= 11 is 0. The van der Waals surface area contributed by atoms with Crippen LogP contribution in [-0.2, 0) is 10.1 Å². The second-order valence-electron chi connectivity index (χ2n) is 5.65. The van der Waals surface area contributed by atoms with Crippen LogP contribution in [0.25, 0.3) is 0 Å². The maximum atomic E-state index is 10.4. The Morgan fingerprint density at radius 1 is 0.857 bits per heavy atom. The van der Waals surface area contributed by atoms with Gasteiger partial charge in [0.05, 0.1) is 16.2 Å². The molecule has 6 heteroatoms. The van der Waals surface area contributed by atoms with Crippen LogP contribution >= 0.6 is 0 Å². The van der Waals surface area contributed by atoms with Gasteiger partial charge in [0.2, 0.25) is 0 Å². The molecule has 0 amide bonds. The minimum Gasteiger partial charge on any atom is -0.748 e. The first-order chi connectivity index (χ1) is 9.45. The Balaban J connectivity index is 0. The standard InChI is InChI=1S/C15H32O4S.Na/c1-2-15(16)13-11-9-7-5-3-4-6-8-10-12-14-20(17,18)19;/h15-16H,2-14H2,1H3,(H,17,18,19);/q;+1/p-1. The van der Waals surface area contributed by atoms with Gasteiger partial charge in [-0.3, -0.25) is 0 Å². The second kappa shape index (κ2) is 15.8. The van der Waals surface area contributed by atoms with Crippen molar-refractivity contribution in [1.29, 1.82) is 0 Å². The van der Waals surface area contributed by atoms with Crippen LogP contribution in [-0.4, -0.2) is 29.9 Å². The van der Waals surface area contributed by atoms with Crippen LogP contribution in [0.4, 0.5) is 0 Å².